The zero-order valence-electron chi connectivity index (χ0n) is 9.29. The molecule has 0 aromatic carbocycles. The lowest BCUT2D eigenvalue weighted by atomic mass is 10.0. The fraction of sp³-hybridized carbons (Fsp3) is 0. The number of aromatic amines is 1. The van der Waals surface area contributed by atoms with Gasteiger partial charge in [0.25, 0.3) is 5.91 Å². The molecule has 0 spiro atoms. The van der Waals surface area contributed by atoms with Crippen molar-refractivity contribution in [3.05, 3.63) is 36.4 Å². The van der Waals surface area contributed by atoms with Crippen molar-refractivity contribution in [2.75, 3.05) is 5.73 Å². The van der Waals surface area contributed by atoms with Crippen LogP contribution in [0.1, 0.15) is 10.4 Å². The molecule has 0 radical (unpaired) electrons. The van der Waals surface area contributed by atoms with Crippen molar-refractivity contribution in [3.8, 4) is 11.1 Å². The van der Waals surface area contributed by atoms with Gasteiger partial charge in [-0.3, -0.25) is 9.89 Å². The zero-order chi connectivity index (χ0) is 12.7. The highest BCUT2D eigenvalue weighted by Gasteiger charge is 2.16. The summed E-state index contributed by atoms with van der Waals surface area (Å²) in [5.74, 6) is -0.541. The van der Waals surface area contributed by atoms with Crippen molar-refractivity contribution in [1.29, 1.82) is 0 Å². The third kappa shape index (κ3) is 1.41. The summed E-state index contributed by atoms with van der Waals surface area (Å²) in [7, 11) is 0. The van der Waals surface area contributed by atoms with Gasteiger partial charge in [-0.2, -0.15) is 10.2 Å². The van der Waals surface area contributed by atoms with Gasteiger partial charge in [0.15, 0.2) is 0 Å². The van der Waals surface area contributed by atoms with Gasteiger partial charge < -0.3 is 11.5 Å². The lowest BCUT2D eigenvalue weighted by molar-refractivity contribution is 0.100. The van der Waals surface area contributed by atoms with Gasteiger partial charge in [0.1, 0.15) is 0 Å². The second-order valence-corrected chi connectivity index (χ2v) is 3.89. The van der Waals surface area contributed by atoms with Crippen LogP contribution in [0.2, 0.25) is 0 Å². The number of primary amides is 1. The number of aromatic nitrogens is 4. The summed E-state index contributed by atoms with van der Waals surface area (Å²) >= 11 is 0. The first kappa shape index (κ1) is 10.3. The summed E-state index contributed by atoms with van der Waals surface area (Å²) in [6.07, 6.45) is 6.40. The number of carbonyl (C=O) groups is 1. The number of hydrogen-bond donors (Lipinski definition) is 3. The standard InChI is InChI=1S/C11H10N6O/c12-7-1-9-10(6-2-14-15-3-6)8(11(13)18)4-16-17(9)5-7/h1-5H,12H2,(H2,13,18)(H,14,15). The van der Waals surface area contributed by atoms with Gasteiger partial charge in [-0.1, -0.05) is 0 Å². The molecule has 0 unspecified atom stereocenters. The highest BCUT2D eigenvalue weighted by atomic mass is 16.1. The number of nitrogens with zero attached hydrogens (tertiary/aromatic N) is 3. The molecule has 0 aliphatic heterocycles. The second-order valence-electron chi connectivity index (χ2n) is 3.89. The van der Waals surface area contributed by atoms with Crippen LogP contribution in [0.3, 0.4) is 0 Å². The number of hydrogen-bond acceptors (Lipinski definition) is 4. The summed E-state index contributed by atoms with van der Waals surface area (Å²) in [5, 5.41) is 10.7. The number of amides is 1. The van der Waals surface area contributed by atoms with E-state index in [0.717, 1.165) is 5.56 Å². The van der Waals surface area contributed by atoms with Gasteiger partial charge in [0.05, 0.1) is 35.4 Å². The summed E-state index contributed by atoms with van der Waals surface area (Å²) in [6.45, 7) is 0. The maximum atomic E-state index is 11.5. The normalized spacial score (nSPS) is 10.9. The van der Waals surface area contributed by atoms with Crippen LogP contribution >= 0.6 is 0 Å². The van der Waals surface area contributed by atoms with Gasteiger partial charge in [-0.05, 0) is 6.07 Å². The highest BCUT2D eigenvalue weighted by Crippen LogP contribution is 2.28. The molecule has 1 amide bonds. The Hall–Kier alpha value is -2.83. The molecule has 90 valence electrons. The minimum atomic E-state index is -0.541. The Balaban J connectivity index is 2.42. The largest absolute Gasteiger partial charge is 0.397 e. The van der Waals surface area contributed by atoms with Crippen LogP contribution in [0.5, 0.6) is 0 Å². The number of nitrogens with one attached hydrogen (secondary N) is 1. The Kier molecular flexibility index (Phi) is 2.06. The number of H-pyrrole nitrogens is 1. The number of fused-ring (bicyclic) bond motifs is 1. The summed E-state index contributed by atoms with van der Waals surface area (Å²) in [4.78, 5) is 11.5. The van der Waals surface area contributed by atoms with Crippen molar-refractivity contribution in [3.63, 3.8) is 0 Å². The molecule has 0 fully saturated rings. The minimum Gasteiger partial charge on any atom is -0.397 e. The van der Waals surface area contributed by atoms with Crippen LogP contribution in [0.15, 0.2) is 30.9 Å². The lowest BCUT2D eigenvalue weighted by Gasteiger charge is -2.06. The minimum absolute atomic E-state index is 0.335. The van der Waals surface area contributed by atoms with Gasteiger partial charge in [-0.15, -0.1) is 0 Å². The maximum absolute atomic E-state index is 11.5. The third-order valence-electron chi connectivity index (χ3n) is 2.71. The first-order valence-corrected chi connectivity index (χ1v) is 5.22. The van der Waals surface area contributed by atoms with Crippen LogP contribution in [-0.4, -0.2) is 25.7 Å². The molecule has 0 saturated carbocycles. The molecule has 18 heavy (non-hydrogen) atoms. The second kappa shape index (κ2) is 3.59. The molecule has 0 aliphatic carbocycles. The molecule has 3 aromatic heterocycles. The molecule has 0 atom stereocenters. The number of carbonyl (C=O) groups excluding carboxylic acids is 1. The van der Waals surface area contributed by atoms with Gasteiger partial charge in [0, 0.05) is 17.3 Å². The Morgan fingerprint density at radius 2 is 2.22 bits per heavy atom. The van der Waals surface area contributed by atoms with E-state index in [1.807, 2.05) is 0 Å². The Labute approximate surface area is 101 Å². The van der Waals surface area contributed by atoms with Gasteiger partial charge >= 0.3 is 0 Å². The smallest absolute Gasteiger partial charge is 0.251 e. The van der Waals surface area contributed by atoms with E-state index in [1.165, 1.54) is 6.20 Å². The van der Waals surface area contributed by atoms with Crippen LogP contribution in [0.25, 0.3) is 16.6 Å². The molecule has 5 N–H and O–H groups in total. The topological polar surface area (TPSA) is 115 Å². The molecule has 7 nitrogen and oxygen atoms in total. The molecule has 0 bridgehead atoms. The molecule has 3 heterocycles. The first-order valence-electron chi connectivity index (χ1n) is 5.22. The molecule has 3 rings (SSSR count). The van der Waals surface area contributed by atoms with Crippen molar-refractivity contribution < 1.29 is 4.79 Å². The van der Waals surface area contributed by atoms with E-state index in [4.69, 9.17) is 11.5 Å². The first-order chi connectivity index (χ1) is 8.66. The van der Waals surface area contributed by atoms with Crippen molar-refractivity contribution >= 4 is 17.1 Å². The Bertz CT molecular complexity index is 727. The van der Waals surface area contributed by atoms with Gasteiger partial charge in [-0.25, -0.2) is 4.52 Å². The number of nitrogens with two attached hydrogens (primary N) is 2. The molecule has 3 aromatic rings. The molecule has 0 aliphatic rings. The number of rotatable bonds is 2. The molecule has 0 saturated heterocycles. The summed E-state index contributed by atoms with van der Waals surface area (Å²) in [5.41, 5.74) is 14.1. The van der Waals surface area contributed by atoms with E-state index >= 15 is 0 Å². The molecular formula is C11H10N6O. The highest BCUT2D eigenvalue weighted by molar-refractivity contribution is 6.03. The van der Waals surface area contributed by atoms with E-state index < -0.39 is 5.91 Å². The van der Waals surface area contributed by atoms with Crippen LogP contribution in [0.4, 0.5) is 5.69 Å². The van der Waals surface area contributed by atoms with Crippen molar-refractivity contribution in [2.45, 2.75) is 0 Å². The molecule has 7 heteroatoms. The number of nitrogen functional groups attached to an aromatic ring is 1. The van der Waals surface area contributed by atoms with E-state index in [9.17, 15) is 4.79 Å². The molecular weight excluding hydrogens is 232 g/mol. The van der Waals surface area contributed by atoms with Crippen molar-refractivity contribution in [1.82, 2.24) is 19.8 Å². The average molecular weight is 242 g/mol. The average Bonchev–Trinajstić information content (AvgIpc) is 2.93. The Morgan fingerprint density at radius 3 is 2.89 bits per heavy atom. The van der Waals surface area contributed by atoms with E-state index in [1.54, 1.807) is 29.2 Å². The SMILES string of the molecule is NC(=O)c1cnn2cc(N)cc2c1-c1cn[nH]c1. The van der Waals surface area contributed by atoms with Crippen LogP contribution in [-0.2, 0) is 0 Å². The fourth-order valence-corrected chi connectivity index (χ4v) is 1.95. The van der Waals surface area contributed by atoms with E-state index in [0.29, 0.717) is 22.3 Å². The van der Waals surface area contributed by atoms with Gasteiger partial charge in [0.2, 0.25) is 0 Å². The van der Waals surface area contributed by atoms with Crippen molar-refractivity contribution in [2.24, 2.45) is 5.73 Å². The summed E-state index contributed by atoms with van der Waals surface area (Å²) < 4.78 is 1.60. The number of anilines is 1. The fourth-order valence-electron chi connectivity index (χ4n) is 1.95. The Morgan fingerprint density at radius 1 is 1.39 bits per heavy atom. The summed E-state index contributed by atoms with van der Waals surface area (Å²) in [6, 6.07) is 1.74. The third-order valence-corrected chi connectivity index (χ3v) is 2.71. The monoisotopic (exact) mass is 242 g/mol. The van der Waals surface area contributed by atoms with Crippen LogP contribution in [0, 0.1) is 0 Å². The van der Waals surface area contributed by atoms with E-state index in [-0.39, 0.29) is 0 Å². The quantitative estimate of drug-likeness (QED) is 0.603. The predicted octanol–water partition coefficient (Wildman–Crippen LogP) is 0.405. The van der Waals surface area contributed by atoms with Crippen LogP contribution < -0.4 is 11.5 Å². The zero-order valence-corrected chi connectivity index (χ0v) is 9.29. The van der Waals surface area contributed by atoms with E-state index in [2.05, 4.69) is 15.3 Å². The lowest BCUT2D eigenvalue weighted by Crippen LogP contribution is -2.14. The maximum Gasteiger partial charge on any atom is 0.251 e. The predicted molar refractivity (Wildman–Crippen MR) is 65.7 cm³/mol.